The van der Waals surface area contributed by atoms with Crippen LogP contribution in [0.1, 0.15) is 21.8 Å². The Morgan fingerprint density at radius 2 is 1.93 bits per heavy atom. The number of methoxy groups -OCH3 is 1. The number of pyridine rings is 1. The number of amides is 1. The third kappa shape index (κ3) is 3.17. The summed E-state index contributed by atoms with van der Waals surface area (Å²) in [6.45, 7) is 0.494. The molecular formula is C22H20N2O4. The largest absolute Gasteiger partial charge is 0.496 e. The quantitative estimate of drug-likeness (QED) is 0.756. The standard InChI is InChI=1S/C22H20N2O4/c1-28-20-7-3-2-6-16(20)17-12-24(13-18(17)22(26)27)21(25)15-9-8-14-5-4-10-23-19(14)11-15/h2-11,17-18H,12-13H2,1H3,(H,26,27). The zero-order valence-corrected chi connectivity index (χ0v) is 15.4. The molecule has 0 saturated carbocycles. The van der Waals surface area contributed by atoms with Gasteiger partial charge in [0.2, 0.25) is 0 Å². The molecule has 4 rings (SSSR count). The Hall–Kier alpha value is -3.41. The lowest BCUT2D eigenvalue weighted by molar-refractivity contribution is -0.141. The number of ether oxygens (including phenoxy) is 1. The average Bonchev–Trinajstić information content (AvgIpc) is 3.18. The number of carboxylic acids is 1. The molecule has 2 atom stereocenters. The number of aromatic nitrogens is 1. The molecule has 0 spiro atoms. The normalized spacial score (nSPS) is 19.0. The van der Waals surface area contributed by atoms with Crippen molar-refractivity contribution in [2.24, 2.45) is 5.92 Å². The van der Waals surface area contributed by atoms with Crippen molar-refractivity contribution in [3.05, 3.63) is 71.9 Å². The number of hydrogen-bond donors (Lipinski definition) is 1. The Labute approximate surface area is 162 Å². The van der Waals surface area contributed by atoms with Crippen LogP contribution in [0.3, 0.4) is 0 Å². The van der Waals surface area contributed by atoms with Crippen molar-refractivity contribution in [3.8, 4) is 5.75 Å². The van der Waals surface area contributed by atoms with Gasteiger partial charge in [0.05, 0.1) is 18.5 Å². The first kappa shape index (κ1) is 18.0. The molecule has 2 unspecified atom stereocenters. The van der Waals surface area contributed by atoms with Crippen molar-refractivity contribution in [1.82, 2.24) is 9.88 Å². The van der Waals surface area contributed by atoms with Crippen LogP contribution in [0.15, 0.2) is 60.8 Å². The van der Waals surface area contributed by atoms with Gasteiger partial charge in [-0.2, -0.15) is 0 Å². The van der Waals surface area contributed by atoms with E-state index in [1.165, 1.54) is 0 Å². The van der Waals surface area contributed by atoms with Crippen molar-refractivity contribution in [2.45, 2.75) is 5.92 Å². The van der Waals surface area contributed by atoms with E-state index < -0.39 is 11.9 Å². The summed E-state index contributed by atoms with van der Waals surface area (Å²) in [6, 6.07) is 16.5. The van der Waals surface area contributed by atoms with Crippen molar-refractivity contribution in [1.29, 1.82) is 0 Å². The number of carbonyl (C=O) groups excluding carboxylic acids is 1. The Morgan fingerprint density at radius 1 is 1.11 bits per heavy atom. The lowest BCUT2D eigenvalue weighted by Gasteiger charge is -2.18. The molecule has 3 aromatic rings. The smallest absolute Gasteiger partial charge is 0.308 e. The number of benzene rings is 2. The maximum Gasteiger partial charge on any atom is 0.308 e. The van der Waals surface area contributed by atoms with Gasteiger partial charge in [0.25, 0.3) is 5.91 Å². The van der Waals surface area contributed by atoms with E-state index in [2.05, 4.69) is 4.98 Å². The second-order valence-electron chi connectivity index (χ2n) is 6.91. The molecule has 1 saturated heterocycles. The zero-order valence-electron chi connectivity index (χ0n) is 15.4. The number of rotatable bonds is 4. The maximum atomic E-state index is 13.1. The molecule has 2 heterocycles. The number of carbonyl (C=O) groups is 2. The summed E-state index contributed by atoms with van der Waals surface area (Å²) in [5.41, 5.74) is 2.06. The predicted octanol–water partition coefficient (Wildman–Crippen LogP) is 3.18. The van der Waals surface area contributed by atoms with Crippen LogP contribution >= 0.6 is 0 Å². The molecular weight excluding hydrogens is 356 g/mol. The summed E-state index contributed by atoms with van der Waals surface area (Å²) in [5.74, 6) is -1.46. The fraction of sp³-hybridized carbons (Fsp3) is 0.227. The zero-order chi connectivity index (χ0) is 19.7. The van der Waals surface area contributed by atoms with Crippen molar-refractivity contribution in [3.63, 3.8) is 0 Å². The van der Waals surface area contributed by atoms with E-state index in [4.69, 9.17) is 4.74 Å². The van der Waals surface area contributed by atoms with E-state index in [-0.39, 0.29) is 18.4 Å². The highest BCUT2D eigenvalue weighted by atomic mass is 16.5. The molecule has 0 aliphatic carbocycles. The Balaban J connectivity index is 1.65. The number of carboxylic acid groups (broad SMARTS) is 1. The number of hydrogen-bond acceptors (Lipinski definition) is 4. The first-order chi connectivity index (χ1) is 13.6. The minimum Gasteiger partial charge on any atom is -0.496 e. The summed E-state index contributed by atoms with van der Waals surface area (Å²) in [4.78, 5) is 30.8. The molecule has 1 aliphatic rings. The number of fused-ring (bicyclic) bond motifs is 1. The molecule has 1 fully saturated rings. The van der Waals surface area contributed by atoms with Gasteiger partial charge in [-0.05, 0) is 29.8 Å². The molecule has 1 aromatic heterocycles. The molecule has 1 aliphatic heterocycles. The van der Waals surface area contributed by atoms with Gasteiger partial charge in [-0.3, -0.25) is 14.6 Å². The van der Waals surface area contributed by atoms with Crippen LogP contribution in [0.2, 0.25) is 0 Å². The molecule has 1 amide bonds. The second-order valence-corrected chi connectivity index (χ2v) is 6.91. The van der Waals surface area contributed by atoms with Crippen LogP contribution in [-0.2, 0) is 4.79 Å². The number of para-hydroxylation sites is 1. The topological polar surface area (TPSA) is 79.7 Å². The summed E-state index contributed by atoms with van der Waals surface area (Å²) in [6.07, 6.45) is 1.69. The van der Waals surface area contributed by atoms with Crippen LogP contribution in [0.5, 0.6) is 5.75 Å². The number of nitrogens with zero attached hydrogens (tertiary/aromatic N) is 2. The van der Waals surface area contributed by atoms with Gasteiger partial charge in [-0.1, -0.05) is 30.3 Å². The fourth-order valence-corrected chi connectivity index (χ4v) is 3.89. The number of likely N-dealkylation sites (tertiary alicyclic amines) is 1. The fourth-order valence-electron chi connectivity index (χ4n) is 3.89. The van der Waals surface area contributed by atoms with E-state index >= 15 is 0 Å². The van der Waals surface area contributed by atoms with Crippen LogP contribution < -0.4 is 4.74 Å². The van der Waals surface area contributed by atoms with Crippen LogP contribution in [0.4, 0.5) is 0 Å². The van der Waals surface area contributed by atoms with Gasteiger partial charge >= 0.3 is 5.97 Å². The molecule has 6 nitrogen and oxygen atoms in total. The van der Waals surface area contributed by atoms with E-state index in [1.54, 1.807) is 30.3 Å². The Bertz CT molecular complexity index is 1050. The van der Waals surface area contributed by atoms with Gasteiger partial charge in [0, 0.05) is 36.2 Å². The van der Waals surface area contributed by atoms with Crippen LogP contribution in [-0.4, -0.2) is 47.1 Å². The third-order valence-corrected chi connectivity index (χ3v) is 5.32. The third-order valence-electron chi connectivity index (χ3n) is 5.32. The molecule has 0 bridgehead atoms. The van der Waals surface area contributed by atoms with Crippen molar-refractivity contribution >= 4 is 22.8 Å². The Kier molecular flexibility index (Phi) is 4.69. The summed E-state index contributed by atoms with van der Waals surface area (Å²) in [7, 11) is 1.56. The Morgan fingerprint density at radius 3 is 2.71 bits per heavy atom. The SMILES string of the molecule is COc1ccccc1C1CN(C(=O)c2ccc3cccnc3c2)CC1C(=O)O. The highest BCUT2D eigenvalue weighted by Gasteiger charge is 2.41. The monoisotopic (exact) mass is 376 g/mol. The first-order valence-corrected chi connectivity index (χ1v) is 9.08. The molecule has 0 radical (unpaired) electrons. The summed E-state index contributed by atoms with van der Waals surface area (Å²) >= 11 is 0. The lowest BCUT2D eigenvalue weighted by Crippen LogP contribution is -2.29. The second kappa shape index (κ2) is 7.31. The first-order valence-electron chi connectivity index (χ1n) is 9.08. The lowest BCUT2D eigenvalue weighted by atomic mass is 9.88. The highest BCUT2D eigenvalue weighted by Crippen LogP contribution is 2.38. The summed E-state index contributed by atoms with van der Waals surface area (Å²) in [5, 5.41) is 10.7. The number of aliphatic carboxylic acids is 1. The predicted molar refractivity (Wildman–Crippen MR) is 105 cm³/mol. The molecule has 28 heavy (non-hydrogen) atoms. The van der Waals surface area contributed by atoms with Gasteiger partial charge < -0.3 is 14.7 Å². The molecule has 1 N–H and O–H groups in total. The van der Waals surface area contributed by atoms with Gasteiger partial charge in [-0.15, -0.1) is 0 Å². The highest BCUT2D eigenvalue weighted by molar-refractivity contribution is 5.98. The van der Waals surface area contributed by atoms with Gasteiger partial charge in [0.1, 0.15) is 5.75 Å². The minimum atomic E-state index is -0.911. The van der Waals surface area contributed by atoms with Gasteiger partial charge in [0.15, 0.2) is 0 Å². The van der Waals surface area contributed by atoms with Crippen molar-refractivity contribution in [2.75, 3.05) is 20.2 Å². The van der Waals surface area contributed by atoms with Crippen LogP contribution in [0, 0.1) is 5.92 Å². The van der Waals surface area contributed by atoms with E-state index in [1.807, 2.05) is 42.5 Å². The maximum absolute atomic E-state index is 13.1. The average molecular weight is 376 g/mol. The van der Waals surface area contributed by atoms with E-state index in [0.717, 1.165) is 16.5 Å². The molecule has 142 valence electrons. The van der Waals surface area contributed by atoms with Crippen molar-refractivity contribution < 1.29 is 19.4 Å². The minimum absolute atomic E-state index is 0.164. The molecule has 2 aromatic carbocycles. The van der Waals surface area contributed by atoms with Crippen LogP contribution in [0.25, 0.3) is 10.9 Å². The van der Waals surface area contributed by atoms with E-state index in [0.29, 0.717) is 17.9 Å². The molecule has 6 heteroatoms. The van der Waals surface area contributed by atoms with E-state index in [9.17, 15) is 14.7 Å². The summed E-state index contributed by atoms with van der Waals surface area (Å²) < 4.78 is 5.41. The van der Waals surface area contributed by atoms with Gasteiger partial charge in [-0.25, -0.2) is 0 Å².